The number of hydrogen-bond donors (Lipinski definition) is 1. The van der Waals surface area contributed by atoms with Crippen molar-refractivity contribution < 1.29 is 5.11 Å². The second kappa shape index (κ2) is 7.40. The number of rotatable bonds is 4. The fraction of sp³-hybridized carbons (Fsp3) is 0.0870. The lowest BCUT2D eigenvalue weighted by Crippen LogP contribution is -2.14. The lowest BCUT2D eigenvalue weighted by molar-refractivity contribution is 0.282. The fourth-order valence-corrected chi connectivity index (χ4v) is 4.05. The Morgan fingerprint density at radius 1 is 1.03 bits per heavy atom. The van der Waals surface area contributed by atoms with Gasteiger partial charge in [-0.3, -0.25) is 4.40 Å². The molecule has 0 atom stereocenters. The van der Waals surface area contributed by atoms with Crippen LogP contribution in [0.25, 0.3) is 27.8 Å². The molecule has 0 aliphatic carbocycles. The van der Waals surface area contributed by atoms with Crippen molar-refractivity contribution in [3.05, 3.63) is 83.6 Å². The maximum atomic E-state index is 9.57. The quantitative estimate of drug-likeness (QED) is 0.454. The molecule has 7 heteroatoms. The number of aromatic nitrogens is 4. The Kier molecular flexibility index (Phi) is 4.58. The van der Waals surface area contributed by atoms with Crippen LogP contribution in [-0.2, 0) is 6.61 Å². The summed E-state index contributed by atoms with van der Waals surface area (Å²) in [4.78, 5) is 6.70. The van der Waals surface area contributed by atoms with Crippen molar-refractivity contribution in [1.29, 1.82) is 0 Å². The molecule has 2 heterocycles. The van der Waals surface area contributed by atoms with Crippen LogP contribution in [0.2, 0.25) is 5.02 Å². The number of fused-ring (bicyclic) bond motifs is 3. The average Bonchev–Trinajstić information content (AvgIpc) is 3.27. The predicted octanol–water partition coefficient (Wildman–Crippen LogP) is 4.86. The van der Waals surface area contributed by atoms with E-state index in [-0.39, 0.29) is 6.61 Å². The Labute approximate surface area is 178 Å². The Hall–Kier alpha value is -3.48. The third-order valence-corrected chi connectivity index (χ3v) is 5.62. The first kappa shape index (κ1) is 18.5. The molecule has 0 saturated carbocycles. The molecule has 6 nitrogen and oxygen atoms in total. The van der Waals surface area contributed by atoms with E-state index in [1.807, 2.05) is 83.1 Å². The highest BCUT2D eigenvalue weighted by atomic mass is 35.5. The zero-order valence-electron chi connectivity index (χ0n) is 16.2. The van der Waals surface area contributed by atoms with Crippen LogP contribution >= 0.6 is 11.6 Å². The van der Waals surface area contributed by atoms with Crippen LogP contribution < -0.4 is 4.90 Å². The molecule has 2 aromatic heterocycles. The topological polar surface area (TPSA) is 66.6 Å². The van der Waals surface area contributed by atoms with Gasteiger partial charge in [0.2, 0.25) is 0 Å². The first-order valence-corrected chi connectivity index (χ1v) is 9.86. The first-order chi connectivity index (χ1) is 14.7. The zero-order valence-corrected chi connectivity index (χ0v) is 17.0. The van der Waals surface area contributed by atoms with Crippen LogP contribution in [0.5, 0.6) is 0 Å². The number of aliphatic hydroxyl groups excluding tert-OH is 1. The normalized spacial score (nSPS) is 11.3. The van der Waals surface area contributed by atoms with Crippen molar-refractivity contribution in [3.8, 4) is 11.1 Å². The van der Waals surface area contributed by atoms with Gasteiger partial charge in [0.1, 0.15) is 12.1 Å². The summed E-state index contributed by atoms with van der Waals surface area (Å²) in [6, 6.07) is 21.8. The predicted molar refractivity (Wildman–Crippen MR) is 119 cm³/mol. The summed E-state index contributed by atoms with van der Waals surface area (Å²) in [6.07, 6.45) is 1.62. The number of halogens is 1. The highest BCUT2D eigenvalue weighted by Crippen LogP contribution is 2.39. The largest absolute Gasteiger partial charge is 0.392 e. The van der Waals surface area contributed by atoms with Crippen molar-refractivity contribution in [3.63, 3.8) is 0 Å². The van der Waals surface area contributed by atoms with Gasteiger partial charge in [-0.2, -0.15) is 4.98 Å². The van der Waals surface area contributed by atoms with Crippen LogP contribution in [0, 0.1) is 0 Å². The molecule has 0 aliphatic heterocycles. The molecule has 0 aliphatic rings. The summed E-state index contributed by atoms with van der Waals surface area (Å²) in [6.45, 7) is -0.0436. The van der Waals surface area contributed by atoms with Gasteiger partial charge < -0.3 is 10.0 Å². The van der Waals surface area contributed by atoms with Gasteiger partial charge in [-0.25, -0.2) is 0 Å². The minimum atomic E-state index is -0.0436. The smallest absolute Gasteiger partial charge is 0.257 e. The molecule has 30 heavy (non-hydrogen) atoms. The van der Waals surface area contributed by atoms with Gasteiger partial charge in [0.05, 0.1) is 22.8 Å². The van der Waals surface area contributed by atoms with E-state index in [2.05, 4.69) is 10.2 Å². The van der Waals surface area contributed by atoms with Crippen molar-refractivity contribution >= 4 is 39.8 Å². The molecule has 0 saturated heterocycles. The minimum Gasteiger partial charge on any atom is -0.392 e. The molecule has 0 fully saturated rings. The molecular weight excluding hydrogens is 398 g/mol. The maximum absolute atomic E-state index is 9.57. The van der Waals surface area contributed by atoms with Crippen LogP contribution in [0.15, 0.2) is 73.1 Å². The Bertz CT molecular complexity index is 1370. The van der Waals surface area contributed by atoms with Crippen molar-refractivity contribution in [2.45, 2.75) is 6.61 Å². The van der Waals surface area contributed by atoms with Crippen molar-refractivity contribution in [1.82, 2.24) is 19.6 Å². The van der Waals surface area contributed by atoms with Gasteiger partial charge in [-0.1, -0.05) is 60.1 Å². The van der Waals surface area contributed by atoms with Gasteiger partial charge in [0.15, 0.2) is 0 Å². The van der Waals surface area contributed by atoms with Gasteiger partial charge in [0, 0.05) is 18.0 Å². The Balaban J connectivity index is 1.71. The maximum Gasteiger partial charge on any atom is 0.257 e. The molecule has 0 radical (unpaired) electrons. The number of hydrogen-bond acceptors (Lipinski definition) is 5. The molecular formula is C23H18ClN5O. The summed E-state index contributed by atoms with van der Waals surface area (Å²) < 4.78 is 1.81. The van der Waals surface area contributed by atoms with E-state index in [1.165, 1.54) is 0 Å². The van der Waals surface area contributed by atoms with Crippen molar-refractivity contribution in [2.75, 3.05) is 11.9 Å². The average molecular weight is 416 g/mol. The molecule has 0 amide bonds. The van der Waals surface area contributed by atoms with E-state index in [0.717, 1.165) is 33.3 Å². The van der Waals surface area contributed by atoms with Crippen LogP contribution in [0.4, 0.5) is 11.5 Å². The zero-order chi connectivity index (χ0) is 20.7. The third-order valence-electron chi connectivity index (χ3n) is 5.22. The Morgan fingerprint density at radius 3 is 2.67 bits per heavy atom. The summed E-state index contributed by atoms with van der Waals surface area (Å²) >= 11 is 6.85. The Morgan fingerprint density at radius 2 is 1.87 bits per heavy atom. The minimum absolute atomic E-state index is 0.0436. The van der Waals surface area contributed by atoms with E-state index < -0.39 is 0 Å². The lowest BCUT2D eigenvalue weighted by atomic mass is 10.0. The van der Waals surface area contributed by atoms with Crippen LogP contribution in [0.1, 0.15) is 5.56 Å². The summed E-state index contributed by atoms with van der Waals surface area (Å²) in [5.41, 5.74) is 4.52. The lowest BCUT2D eigenvalue weighted by Gasteiger charge is -2.23. The number of anilines is 2. The second-order valence-corrected chi connectivity index (χ2v) is 7.39. The second-order valence-electron chi connectivity index (χ2n) is 7.01. The third kappa shape index (κ3) is 2.98. The fourth-order valence-electron chi connectivity index (χ4n) is 3.68. The molecule has 5 rings (SSSR count). The van der Waals surface area contributed by atoms with Gasteiger partial charge >= 0.3 is 0 Å². The van der Waals surface area contributed by atoms with Crippen molar-refractivity contribution in [2.24, 2.45) is 0 Å². The highest BCUT2D eigenvalue weighted by molar-refractivity contribution is 6.36. The van der Waals surface area contributed by atoms with E-state index in [1.54, 1.807) is 6.33 Å². The summed E-state index contributed by atoms with van der Waals surface area (Å²) in [5.74, 6) is 1.19. The molecule has 1 N–H and O–H groups in total. The number of nitrogens with zero attached hydrogens (tertiary/aromatic N) is 5. The summed E-state index contributed by atoms with van der Waals surface area (Å²) in [7, 11) is 1.94. The van der Waals surface area contributed by atoms with E-state index in [9.17, 15) is 5.11 Å². The monoisotopic (exact) mass is 415 g/mol. The van der Waals surface area contributed by atoms with E-state index in [4.69, 9.17) is 16.6 Å². The van der Waals surface area contributed by atoms with E-state index >= 15 is 0 Å². The number of aliphatic hydroxyl groups is 1. The molecule has 0 bridgehead atoms. The summed E-state index contributed by atoms with van der Waals surface area (Å²) in [5, 5.41) is 19.2. The molecule has 3 aromatic carbocycles. The molecule has 0 unspecified atom stereocenters. The van der Waals surface area contributed by atoms with E-state index in [0.29, 0.717) is 16.6 Å². The molecule has 0 spiro atoms. The van der Waals surface area contributed by atoms with Gasteiger partial charge in [-0.05, 0) is 29.3 Å². The number of benzene rings is 3. The van der Waals surface area contributed by atoms with Crippen LogP contribution in [-0.4, -0.2) is 31.7 Å². The van der Waals surface area contributed by atoms with Crippen LogP contribution in [0.3, 0.4) is 0 Å². The van der Waals surface area contributed by atoms with Gasteiger partial charge in [0.25, 0.3) is 5.78 Å². The molecule has 5 aromatic rings. The standard InChI is InChI=1S/C23H18ClN5O/c1-28(19-9-5-8-17(21(19)24)16-6-3-2-4-7-16)22-18-11-10-15(13-30)12-20(18)29-14-25-27-23(29)26-22/h2-12,14,30H,13H2,1H3. The first-order valence-electron chi connectivity index (χ1n) is 9.48. The SMILES string of the molecule is CN(c1cccc(-c2ccccc2)c1Cl)c1nc2nncn2c2cc(CO)ccc12. The highest BCUT2D eigenvalue weighted by Gasteiger charge is 2.18. The van der Waals surface area contributed by atoms with Gasteiger partial charge in [-0.15, -0.1) is 10.2 Å². The molecule has 148 valence electrons.